The number of hydrogen-bond donors (Lipinski definition) is 0. The fourth-order valence-electron chi connectivity index (χ4n) is 3.08. The van der Waals surface area contributed by atoms with Crippen molar-refractivity contribution >= 4 is 17.7 Å². The van der Waals surface area contributed by atoms with E-state index in [9.17, 15) is 14.0 Å². The molecule has 0 bridgehead atoms. The fourth-order valence-corrected chi connectivity index (χ4v) is 3.08. The van der Waals surface area contributed by atoms with Crippen molar-refractivity contribution in [1.29, 1.82) is 0 Å². The lowest BCUT2D eigenvalue weighted by Gasteiger charge is -2.31. The highest BCUT2D eigenvalue weighted by atomic mass is 19.1. The highest BCUT2D eigenvalue weighted by molar-refractivity contribution is 6.07. The molecule has 0 aromatic heterocycles. The Morgan fingerprint density at radius 1 is 1.08 bits per heavy atom. The number of halogens is 1. The molecule has 0 N–H and O–H groups in total. The summed E-state index contributed by atoms with van der Waals surface area (Å²) in [6.07, 6.45) is 0. The molecule has 0 saturated carbocycles. The number of nitrogens with zero attached hydrogens (tertiary/aromatic N) is 1. The molecular weight excluding hydrogens is 325 g/mol. The predicted octanol–water partition coefficient (Wildman–Crippen LogP) is 3.40. The molecule has 0 aliphatic carbocycles. The van der Waals surface area contributed by atoms with Crippen LogP contribution in [0.1, 0.15) is 39.2 Å². The third-order valence-corrected chi connectivity index (χ3v) is 4.09. The minimum Gasteiger partial charge on any atom is -0.465 e. The zero-order valence-electron chi connectivity index (χ0n) is 14.8. The number of carbonyl (C=O) groups is 2. The fraction of sp³-hybridized carbons (Fsp3) is 0.421. The molecule has 0 amide bonds. The summed E-state index contributed by atoms with van der Waals surface area (Å²) in [6.45, 7) is 7.28. The van der Waals surface area contributed by atoms with Crippen LogP contribution < -0.4 is 0 Å². The average molecular weight is 347 g/mol. The smallest absolute Gasteiger partial charge is 0.336 e. The summed E-state index contributed by atoms with van der Waals surface area (Å²) in [5.74, 6) is -2.77. The van der Waals surface area contributed by atoms with Gasteiger partial charge in [-0.15, -0.1) is 0 Å². The van der Waals surface area contributed by atoms with Gasteiger partial charge in [-0.25, -0.2) is 9.18 Å². The van der Waals surface area contributed by atoms with Crippen LogP contribution in [-0.2, 0) is 19.1 Å². The van der Waals surface area contributed by atoms with Crippen molar-refractivity contribution in [2.24, 2.45) is 10.9 Å². The number of benzene rings is 1. The molecule has 1 aromatic rings. The van der Waals surface area contributed by atoms with Crippen LogP contribution in [0.4, 0.5) is 4.39 Å². The second-order valence-corrected chi connectivity index (χ2v) is 5.73. The van der Waals surface area contributed by atoms with Gasteiger partial charge in [0.1, 0.15) is 11.7 Å². The first-order valence-electron chi connectivity index (χ1n) is 8.25. The number of esters is 2. The number of hydrogen-bond acceptors (Lipinski definition) is 5. The minimum absolute atomic E-state index is 0.207. The van der Waals surface area contributed by atoms with Crippen molar-refractivity contribution in [3.05, 3.63) is 46.9 Å². The van der Waals surface area contributed by atoms with Crippen molar-refractivity contribution in [3.8, 4) is 0 Å². The van der Waals surface area contributed by atoms with Crippen LogP contribution in [0.15, 0.2) is 40.5 Å². The Kier molecular flexibility index (Phi) is 6.07. The van der Waals surface area contributed by atoms with Crippen LogP contribution >= 0.6 is 0 Å². The number of ether oxygens (including phenoxy) is 2. The topological polar surface area (TPSA) is 65.0 Å². The van der Waals surface area contributed by atoms with E-state index in [-0.39, 0.29) is 13.2 Å². The highest BCUT2D eigenvalue weighted by Crippen LogP contribution is 2.40. The molecule has 1 heterocycles. The monoisotopic (exact) mass is 347 g/mol. The summed E-state index contributed by atoms with van der Waals surface area (Å²) in [5.41, 5.74) is 1.98. The predicted molar refractivity (Wildman–Crippen MR) is 91.7 cm³/mol. The van der Waals surface area contributed by atoms with Gasteiger partial charge in [0, 0.05) is 17.3 Å². The molecule has 1 aliphatic rings. The van der Waals surface area contributed by atoms with E-state index in [2.05, 4.69) is 4.99 Å². The molecule has 1 aromatic carbocycles. The second kappa shape index (κ2) is 8.05. The first kappa shape index (κ1) is 18.8. The molecule has 5 nitrogen and oxygen atoms in total. The molecule has 0 saturated heterocycles. The summed E-state index contributed by atoms with van der Waals surface area (Å²) < 4.78 is 23.7. The lowest BCUT2D eigenvalue weighted by Crippen LogP contribution is -2.36. The normalized spacial score (nSPS) is 20.1. The van der Waals surface area contributed by atoms with E-state index in [0.29, 0.717) is 22.5 Å². The van der Waals surface area contributed by atoms with E-state index >= 15 is 0 Å². The van der Waals surface area contributed by atoms with E-state index in [0.717, 1.165) is 0 Å². The molecule has 2 atom stereocenters. The number of allylic oxidation sites excluding steroid dienone is 1. The van der Waals surface area contributed by atoms with E-state index in [4.69, 9.17) is 9.47 Å². The van der Waals surface area contributed by atoms with Crippen LogP contribution in [0.5, 0.6) is 0 Å². The van der Waals surface area contributed by atoms with Gasteiger partial charge >= 0.3 is 11.9 Å². The Labute approximate surface area is 146 Å². The highest BCUT2D eigenvalue weighted by Gasteiger charge is 2.42. The molecule has 1 unspecified atom stereocenters. The summed E-state index contributed by atoms with van der Waals surface area (Å²) in [5, 5.41) is 0. The van der Waals surface area contributed by atoms with Gasteiger partial charge < -0.3 is 9.47 Å². The zero-order chi connectivity index (χ0) is 18.6. The first-order chi connectivity index (χ1) is 11.9. The number of aliphatic imine (C=N–C) groups is 1. The molecule has 25 heavy (non-hydrogen) atoms. The van der Waals surface area contributed by atoms with E-state index in [1.807, 2.05) is 0 Å². The lowest BCUT2D eigenvalue weighted by molar-refractivity contribution is -0.146. The Balaban J connectivity index is 2.60. The van der Waals surface area contributed by atoms with Crippen molar-refractivity contribution in [1.82, 2.24) is 0 Å². The van der Waals surface area contributed by atoms with Gasteiger partial charge in [-0.3, -0.25) is 9.79 Å². The van der Waals surface area contributed by atoms with Gasteiger partial charge in [0.2, 0.25) is 0 Å². The summed E-state index contributed by atoms with van der Waals surface area (Å²) >= 11 is 0. The van der Waals surface area contributed by atoms with Gasteiger partial charge in [0.15, 0.2) is 0 Å². The van der Waals surface area contributed by atoms with Crippen molar-refractivity contribution in [2.75, 3.05) is 13.2 Å². The Morgan fingerprint density at radius 2 is 1.68 bits per heavy atom. The quantitative estimate of drug-likeness (QED) is 0.766. The molecular formula is C19H22FNO4. The summed E-state index contributed by atoms with van der Waals surface area (Å²) in [6, 6.07) is 5.74. The van der Waals surface area contributed by atoms with Crippen LogP contribution in [0.3, 0.4) is 0 Å². The Morgan fingerprint density at radius 3 is 2.24 bits per heavy atom. The standard InChI is InChI=1S/C19H22FNO4/c1-5-24-18(22)15-11(3)21-12(4)16(19(23)25-6-2)17(15)13-7-9-14(20)10-8-13/h7-10,15,17H,5-6H2,1-4H3/t15?,17-/m1/s1. The molecule has 2 rings (SSSR count). The molecule has 134 valence electrons. The molecule has 1 aliphatic heterocycles. The molecule has 0 radical (unpaired) electrons. The third-order valence-electron chi connectivity index (χ3n) is 4.09. The minimum atomic E-state index is -0.756. The van der Waals surface area contributed by atoms with Gasteiger partial charge in [0.25, 0.3) is 0 Å². The first-order valence-corrected chi connectivity index (χ1v) is 8.25. The summed E-state index contributed by atoms with van der Waals surface area (Å²) in [4.78, 5) is 29.4. The summed E-state index contributed by atoms with van der Waals surface area (Å²) in [7, 11) is 0. The van der Waals surface area contributed by atoms with E-state index in [1.54, 1.807) is 39.8 Å². The Bertz CT molecular complexity index is 721. The van der Waals surface area contributed by atoms with Crippen LogP contribution in [-0.4, -0.2) is 30.9 Å². The van der Waals surface area contributed by atoms with Crippen molar-refractivity contribution in [3.63, 3.8) is 0 Å². The van der Waals surface area contributed by atoms with Crippen LogP contribution in [0.2, 0.25) is 0 Å². The maximum absolute atomic E-state index is 13.3. The largest absolute Gasteiger partial charge is 0.465 e. The Hall–Kier alpha value is -2.50. The van der Waals surface area contributed by atoms with Gasteiger partial charge in [-0.1, -0.05) is 12.1 Å². The van der Waals surface area contributed by atoms with E-state index in [1.165, 1.54) is 12.1 Å². The van der Waals surface area contributed by atoms with Crippen molar-refractivity contribution < 1.29 is 23.5 Å². The van der Waals surface area contributed by atoms with E-state index < -0.39 is 29.6 Å². The third kappa shape index (κ3) is 3.95. The van der Waals surface area contributed by atoms with Crippen LogP contribution in [0, 0.1) is 11.7 Å². The molecule has 0 spiro atoms. The number of rotatable bonds is 5. The maximum atomic E-state index is 13.3. The molecule has 0 fully saturated rings. The number of carbonyl (C=O) groups excluding carboxylic acids is 2. The van der Waals surface area contributed by atoms with Crippen molar-refractivity contribution in [2.45, 2.75) is 33.6 Å². The zero-order valence-corrected chi connectivity index (χ0v) is 14.8. The van der Waals surface area contributed by atoms with Crippen LogP contribution in [0.25, 0.3) is 0 Å². The second-order valence-electron chi connectivity index (χ2n) is 5.73. The lowest BCUT2D eigenvalue weighted by atomic mass is 9.75. The SMILES string of the molecule is CCOC(=O)C1=C(C)N=C(C)C(C(=O)OCC)[C@H]1c1ccc(F)cc1. The van der Waals surface area contributed by atoms with Gasteiger partial charge in [0.05, 0.1) is 18.8 Å². The molecule has 6 heteroatoms. The maximum Gasteiger partial charge on any atom is 0.336 e. The average Bonchev–Trinajstić information content (AvgIpc) is 2.55. The van der Waals surface area contributed by atoms with Gasteiger partial charge in [-0.05, 0) is 45.4 Å². The van der Waals surface area contributed by atoms with Gasteiger partial charge in [-0.2, -0.15) is 0 Å².